The summed E-state index contributed by atoms with van der Waals surface area (Å²) in [4.78, 5) is 20.4. The Labute approximate surface area is 203 Å². The minimum Gasteiger partial charge on any atom is -0.486 e. The third-order valence-corrected chi connectivity index (χ3v) is 5.08. The van der Waals surface area contributed by atoms with E-state index in [1.54, 1.807) is 0 Å². The molecule has 10 heteroatoms. The zero-order valence-corrected chi connectivity index (χ0v) is 19.8. The maximum atomic E-state index is 9.10. The number of ether oxygens (including phenoxy) is 2. The number of fused-ring (bicyclic) bond motifs is 1. The SMILES string of the molecule is CN(C)CCCNCc1cn(-c2ccccc2)nc1-c1ccc2c(c1)OCCO2.O=C(O)C(=O)O. The standard InChI is InChI=1S/C23H28N4O2.C2H2O4/c1-26(2)12-6-11-24-16-19-17-27(20-7-4-3-5-8-20)25-23(19)18-9-10-21-22(15-18)29-14-13-28-21;3-1(4)2(5)6/h3-5,7-10,15,17,24H,6,11-14,16H2,1-2H3;(H,3,4)(H,5,6). The van der Waals surface area contributed by atoms with Crippen LogP contribution in [-0.4, -0.2) is 77.2 Å². The first-order chi connectivity index (χ1) is 16.8. The molecule has 4 rings (SSSR count). The number of nitrogens with zero attached hydrogens (tertiary/aromatic N) is 3. The molecule has 0 saturated heterocycles. The van der Waals surface area contributed by atoms with E-state index in [9.17, 15) is 0 Å². The first-order valence-corrected chi connectivity index (χ1v) is 11.2. The summed E-state index contributed by atoms with van der Waals surface area (Å²) in [6.45, 7) is 3.98. The Morgan fingerprint density at radius 2 is 1.71 bits per heavy atom. The van der Waals surface area contributed by atoms with E-state index in [4.69, 9.17) is 34.4 Å². The van der Waals surface area contributed by atoms with Gasteiger partial charge in [-0.15, -0.1) is 0 Å². The van der Waals surface area contributed by atoms with Gasteiger partial charge in [-0.2, -0.15) is 5.10 Å². The van der Waals surface area contributed by atoms with Crippen LogP contribution in [0, 0.1) is 0 Å². The van der Waals surface area contributed by atoms with Crippen LogP contribution in [0.15, 0.2) is 54.7 Å². The Morgan fingerprint density at radius 1 is 1.03 bits per heavy atom. The molecule has 1 aliphatic rings. The summed E-state index contributed by atoms with van der Waals surface area (Å²) in [5.41, 5.74) is 4.21. The van der Waals surface area contributed by atoms with Crippen LogP contribution in [0.3, 0.4) is 0 Å². The van der Waals surface area contributed by atoms with Crippen molar-refractivity contribution < 1.29 is 29.3 Å². The summed E-state index contributed by atoms with van der Waals surface area (Å²) >= 11 is 0. The van der Waals surface area contributed by atoms with Gasteiger partial charge in [-0.05, 0) is 63.9 Å². The second kappa shape index (κ2) is 12.5. The van der Waals surface area contributed by atoms with Crippen LogP contribution in [0.4, 0.5) is 0 Å². The molecule has 0 saturated carbocycles. The lowest BCUT2D eigenvalue weighted by Crippen LogP contribution is -2.21. The minimum atomic E-state index is -1.82. The van der Waals surface area contributed by atoms with E-state index >= 15 is 0 Å². The summed E-state index contributed by atoms with van der Waals surface area (Å²) in [6, 6.07) is 16.3. The first kappa shape index (κ1) is 25.7. The number of benzene rings is 2. The van der Waals surface area contributed by atoms with Crippen LogP contribution in [0.25, 0.3) is 16.9 Å². The molecule has 0 fully saturated rings. The molecular formula is C25H30N4O6. The van der Waals surface area contributed by atoms with Gasteiger partial charge >= 0.3 is 11.9 Å². The molecule has 0 amide bonds. The quantitative estimate of drug-likeness (QED) is 0.328. The molecule has 10 nitrogen and oxygen atoms in total. The third-order valence-electron chi connectivity index (χ3n) is 5.08. The zero-order chi connectivity index (χ0) is 25.2. The van der Waals surface area contributed by atoms with Gasteiger partial charge in [-0.1, -0.05) is 18.2 Å². The van der Waals surface area contributed by atoms with E-state index in [1.165, 1.54) is 0 Å². The first-order valence-electron chi connectivity index (χ1n) is 11.2. The highest BCUT2D eigenvalue weighted by atomic mass is 16.6. The van der Waals surface area contributed by atoms with E-state index < -0.39 is 11.9 Å². The Balaban J connectivity index is 0.000000509. The Hall–Kier alpha value is -3.89. The number of rotatable bonds is 8. The Bertz CT molecular complexity index is 1120. The van der Waals surface area contributed by atoms with Crippen molar-refractivity contribution in [1.82, 2.24) is 20.0 Å². The fourth-order valence-electron chi connectivity index (χ4n) is 3.43. The predicted octanol–water partition coefficient (Wildman–Crippen LogP) is 2.51. The molecule has 35 heavy (non-hydrogen) atoms. The number of carboxylic acids is 2. The molecule has 2 heterocycles. The molecule has 2 aromatic carbocycles. The molecule has 0 aliphatic carbocycles. The van der Waals surface area contributed by atoms with Gasteiger partial charge in [-0.3, -0.25) is 0 Å². The van der Waals surface area contributed by atoms with Crippen molar-refractivity contribution in [2.45, 2.75) is 13.0 Å². The highest BCUT2D eigenvalue weighted by Crippen LogP contribution is 2.35. The fourth-order valence-corrected chi connectivity index (χ4v) is 3.43. The van der Waals surface area contributed by atoms with Gasteiger partial charge in [0.2, 0.25) is 0 Å². The van der Waals surface area contributed by atoms with Crippen LogP contribution in [0.5, 0.6) is 11.5 Å². The molecule has 186 valence electrons. The Morgan fingerprint density at radius 3 is 2.37 bits per heavy atom. The molecule has 1 aliphatic heterocycles. The number of aromatic nitrogens is 2. The van der Waals surface area contributed by atoms with Crippen molar-refractivity contribution in [3.63, 3.8) is 0 Å². The summed E-state index contributed by atoms with van der Waals surface area (Å²) in [5, 5.41) is 23.2. The van der Waals surface area contributed by atoms with Crippen molar-refractivity contribution >= 4 is 11.9 Å². The van der Waals surface area contributed by atoms with Gasteiger partial charge in [0.1, 0.15) is 13.2 Å². The van der Waals surface area contributed by atoms with Crippen LogP contribution >= 0.6 is 0 Å². The fraction of sp³-hybridized carbons (Fsp3) is 0.320. The van der Waals surface area contributed by atoms with Gasteiger partial charge in [-0.25, -0.2) is 14.3 Å². The number of aliphatic carboxylic acids is 2. The van der Waals surface area contributed by atoms with Crippen molar-refractivity contribution in [1.29, 1.82) is 0 Å². The highest BCUT2D eigenvalue weighted by molar-refractivity contribution is 6.27. The maximum absolute atomic E-state index is 9.10. The van der Waals surface area contributed by atoms with E-state index in [2.05, 4.69) is 48.7 Å². The summed E-state index contributed by atoms with van der Waals surface area (Å²) in [7, 11) is 4.20. The summed E-state index contributed by atoms with van der Waals surface area (Å²) in [6.07, 6.45) is 3.22. The minimum absolute atomic E-state index is 0.579. The molecule has 0 radical (unpaired) electrons. The average Bonchev–Trinajstić information content (AvgIpc) is 3.28. The van der Waals surface area contributed by atoms with Crippen LogP contribution in [0.2, 0.25) is 0 Å². The van der Waals surface area contributed by atoms with Crippen LogP contribution < -0.4 is 14.8 Å². The summed E-state index contributed by atoms with van der Waals surface area (Å²) < 4.78 is 13.4. The van der Waals surface area contributed by atoms with E-state index in [1.807, 2.05) is 35.0 Å². The van der Waals surface area contributed by atoms with Crippen molar-refractivity contribution in [2.24, 2.45) is 0 Å². The second-order valence-corrected chi connectivity index (χ2v) is 8.09. The van der Waals surface area contributed by atoms with E-state index in [0.29, 0.717) is 13.2 Å². The van der Waals surface area contributed by atoms with Gasteiger partial charge in [0.05, 0.1) is 11.4 Å². The zero-order valence-electron chi connectivity index (χ0n) is 19.8. The number of carbonyl (C=O) groups is 2. The van der Waals surface area contributed by atoms with Crippen molar-refractivity contribution in [3.8, 4) is 28.4 Å². The van der Waals surface area contributed by atoms with Crippen molar-refractivity contribution in [2.75, 3.05) is 40.4 Å². The smallest absolute Gasteiger partial charge is 0.414 e. The molecule has 0 bridgehead atoms. The van der Waals surface area contributed by atoms with Gasteiger partial charge in [0.15, 0.2) is 11.5 Å². The molecule has 0 atom stereocenters. The van der Waals surface area contributed by atoms with Crippen molar-refractivity contribution in [3.05, 3.63) is 60.3 Å². The molecule has 1 aromatic heterocycles. The number of hydrogen-bond donors (Lipinski definition) is 3. The van der Waals surface area contributed by atoms with Gasteiger partial charge in [0, 0.05) is 23.9 Å². The lowest BCUT2D eigenvalue weighted by Gasteiger charge is -2.18. The topological polar surface area (TPSA) is 126 Å². The molecule has 0 unspecified atom stereocenters. The third kappa shape index (κ3) is 7.56. The van der Waals surface area contributed by atoms with Crippen LogP contribution in [0.1, 0.15) is 12.0 Å². The largest absolute Gasteiger partial charge is 0.486 e. The van der Waals surface area contributed by atoms with E-state index in [0.717, 1.165) is 60.1 Å². The molecule has 0 spiro atoms. The van der Waals surface area contributed by atoms with Crippen LogP contribution in [-0.2, 0) is 16.1 Å². The van der Waals surface area contributed by atoms with Gasteiger partial charge < -0.3 is 29.9 Å². The summed E-state index contributed by atoms with van der Waals surface area (Å²) in [5.74, 6) is -2.07. The predicted molar refractivity (Wildman–Crippen MR) is 130 cm³/mol. The molecular weight excluding hydrogens is 452 g/mol. The average molecular weight is 483 g/mol. The number of hydrogen-bond acceptors (Lipinski definition) is 7. The molecule has 3 aromatic rings. The number of nitrogens with one attached hydrogen (secondary N) is 1. The highest BCUT2D eigenvalue weighted by Gasteiger charge is 2.17. The lowest BCUT2D eigenvalue weighted by molar-refractivity contribution is -0.159. The second-order valence-electron chi connectivity index (χ2n) is 8.09. The van der Waals surface area contributed by atoms with E-state index in [-0.39, 0.29) is 0 Å². The maximum Gasteiger partial charge on any atom is 0.414 e. The monoisotopic (exact) mass is 482 g/mol. The molecule has 3 N–H and O–H groups in total. The number of para-hydroxylation sites is 1. The Kier molecular flexibility index (Phi) is 9.22. The van der Waals surface area contributed by atoms with Gasteiger partial charge in [0.25, 0.3) is 0 Å². The lowest BCUT2D eigenvalue weighted by atomic mass is 10.1. The normalized spacial score (nSPS) is 12.1. The number of carboxylic acid groups (broad SMARTS) is 2.